The van der Waals surface area contributed by atoms with Crippen molar-refractivity contribution < 1.29 is 9.47 Å². The van der Waals surface area contributed by atoms with Crippen LogP contribution in [0.3, 0.4) is 0 Å². The van der Waals surface area contributed by atoms with E-state index in [4.69, 9.17) is 9.47 Å². The van der Waals surface area contributed by atoms with Crippen molar-refractivity contribution >= 4 is 21.8 Å². The zero-order valence-corrected chi connectivity index (χ0v) is 21.2. The van der Waals surface area contributed by atoms with E-state index in [0.29, 0.717) is 0 Å². The molecule has 0 bridgehead atoms. The fourth-order valence-corrected chi connectivity index (χ4v) is 5.12. The molecule has 0 saturated carbocycles. The number of aromatic nitrogens is 1. The highest BCUT2D eigenvalue weighted by Crippen LogP contribution is 2.39. The van der Waals surface area contributed by atoms with Crippen LogP contribution in [0.5, 0.6) is 23.0 Å². The van der Waals surface area contributed by atoms with Gasteiger partial charge in [0.2, 0.25) is 0 Å². The summed E-state index contributed by atoms with van der Waals surface area (Å²) in [6.07, 6.45) is 0. The zero-order chi connectivity index (χ0) is 26.0. The molecule has 0 atom stereocenters. The molecule has 0 N–H and O–H groups in total. The Kier molecular flexibility index (Phi) is 5.80. The monoisotopic (exact) mass is 503 g/mol. The summed E-state index contributed by atoms with van der Waals surface area (Å²) >= 11 is 0. The number of ether oxygens (including phenoxy) is 2. The summed E-state index contributed by atoms with van der Waals surface area (Å²) in [5.74, 6) is 3.16. The molecule has 1 heterocycles. The maximum absolute atomic E-state index is 6.57. The average molecular weight is 504 g/mol. The highest BCUT2D eigenvalue weighted by molar-refractivity contribution is 6.09. The summed E-state index contributed by atoms with van der Waals surface area (Å²) in [6.45, 7) is 0. The Morgan fingerprint density at radius 1 is 0.385 bits per heavy atom. The fourth-order valence-electron chi connectivity index (χ4n) is 5.12. The van der Waals surface area contributed by atoms with Gasteiger partial charge in [-0.3, -0.25) is 0 Å². The van der Waals surface area contributed by atoms with Crippen molar-refractivity contribution in [1.82, 2.24) is 4.57 Å². The number of hydrogen-bond acceptors (Lipinski definition) is 2. The molecule has 0 saturated heterocycles. The molecular formula is C36H25NO2. The van der Waals surface area contributed by atoms with Crippen molar-refractivity contribution in [2.45, 2.75) is 0 Å². The van der Waals surface area contributed by atoms with Crippen LogP contribution >= 0.6 is 0 Å². The second-order valence-corrected chi connectivity index (χ2v) is 9.41. The Hall–Kier alpha value is -5.28. The van der Waals surface area contributed by atoms with Crippen LogP contribution < -0.4 is 9.47 Å². The third kappa shape index (κ3) is 4.41. The molecular weight excluding hydrogens is 478 g/mol. The van der Waals surface area contributed by atoms with Crippen molar-refractivity contribution in [3.63, 3.8) is 0 Å². The Labute approximate surface area is 227 Å². The molecule has 0 amide bonds. The predicted octanol–water partition coefficient (Wildman–Crippen LogP) is 10.0. The Balaban J connectivity index is 1.38. The van der Waals surface area contributed by atoms with E-state index in [-0.39, 0.29) is 0 Å². The maximum Gasteiger partial charge on any atom is 0.152 e. The second kappa shape index (κ2) is 9.88. The van der Waals surface area contributed by atoms with Gasteiger partial charge in [-0.1, -0.05) is 91.0 Å². The lowest BCUT2D eigenvalue weighted by Crippen LogP contribution is -1.98. The van der Waals surface area contributed by atoms with Gasteiger partial charge in [0.25, 0.3) is 0 Å². The van der Waals surface area contributed by atoms with Gasteiger partial charge in [-0.2, -0.15) is 0 Å². The molecule has 1 aromatic heterocycles. The lowest BCUT2D eigenvalue weighted by atomic mass is 10.0. The molecule has 3 nitrogen and oxygen atoms in total. The van der Waals surface area contributed by atoms with Crippen LogP contribution in [-0.4, -0.2) is 4.57 Å². The summed E-state index contributed by atoms with van der Waals surface area (Å²) in [4.78, 5) is 0. The molecule has 186 valence electrons. The quantitative estimate of drug-likeness (QED) is 0.225. The number of benzene rings is 6. The minimum absolute atomic E-state index is 0.777. The van der Waals surface area contributed by atoms with E-state index in [1.54, 1.807) is 0 Å². The lowest BCUT2D eigenvalue weighted by molar-refractivity contribution is 0.480. The normalized spacial score (nSPS) is 11.1. The Bertz CT molecular complexity index is 1850. The first-order valence-corrected chi connectivity index (χ1v) is 13.0. The van der Waals surface area contributed by atoms with Gasteiger partial charge in [-0.25, -0.2) is 0 Å². The maximum atomic E-state index is 6.57. The van der Waals surface area contributed by atoms with E-state index in [1.807, 2.05) is 72.8 Å². The molecule has 0 aliphatic heterocycles. The van der Waals surface area contributed by atoms with Crippen LogP contribution in [0.4, 0.5) is 0 Å². The summed E-state index contributed by atoms with van der Waals surface area (Å²) < 4.78 is 15.0. The summed E-state index contributed by atoms with van der Waals surface area (Å²) in [6, 6.07) is 51.4. The van der Waals surface area contributed by atoms with E-state index < -0.39 is 0 Å². The van der Waals surface area contributed by atoms with E-state index in [0.717, 1.165) is 50.8 Å². The lowest BCUT2D eigenvalue weighted by Gasteiger charge is -2.16. The van der Waals surface area contributed by atoms with Gasteiger partial charge in [0.1, 0.15) is 17.2 Å². The Morgan fingerprint density at radius 2 is 0.923 bits per heavy atom. The molecule has 0 aliphatic rings. The van der Waals surface area contributed by atoms with Crippen molar-refractivity contribution in [2.75, 3.05) is 0 Å². The van der Waals surface area contributed by atoms with E-state index in [2.05, 4.69) is 83.4 Å². The molecule has 0 fully saturated rings. The van der Waals surface area contributed by atoms with Crippen LogP contribution in [0.15, 0.2) is 152 Å². The van der Waals surface area contributed by atoms with Crippen molar-refractivity contribution in [1.29, 1.82) is 0 Å². The molecule has 7 rings (SSSR count). The molecule has 0 radical (unpaired) electrons. The van der Waals surface area contributed by atoms with Crippen LogP contribution in [0.2, 0.25) is 0 Å². The highest BCUT2D eigenvalue weighted by Gasteiger charge is 2.17. The number of rotatable bonds is 6. The van der Waals surface area contributed by atoms with E-state index in [9.17, 15) is 0 Å². The minimum Gasteiger partial charge on any atom is -0.457 e. The molecule has 0 unspecified atom stereocenters. The molecule has 0 spiro atoms. The van der Waals surface area contributed by atoms with E-state index in [1.165, 1.54) is 10.8 Å². The topological polar surface area (TPSA) is 23.4 Å². The predicted molar refractivity (Wildman–Crippen MR) is 159 cm³/mol. The van der Waals surface area contributed by atoms with Gasteiger partial charge in [0.15, 0.2) is 5.75 Å². The minimum atomic E-state index is 0.777. The molecule has 6 aromatic carbocycles. The number of fused-ring (bicyclic) bond motifs is 3. The van der Waals surface area contributed by atoms with Crippen LogP contribution in [0.1, 0.15) is 0 Å². The first kappa shape index (κ1) is 22.9. The molecule has 7 aromatic rings. The van der Waals surface area contributed by atoms with Crippen LogP contribution in [-0.2, 0) is 0 Å². The van der Waals surface area contributed by atoms with Crippen molar-refractivity contribution in [3.8, 4) is 39.8 Å². The Morgan fingerprint density at radius 3 is 1.59 bits per heavy atom. The summed E-state index contributed by atoms with van der Waals surface area (Å²) in [5, 5.41) is 2.43. The van der Waals surface area contributed by atoms with Gasteiger partial charge >= 0.3 is 0 Å². The SMILES string of the molecule is c1ccc(Oc2cccc(-c3ccc(-n4c5ccccc5c5ccccc54)c(Oc4ccccc4)c3)c2)cc1. The number of nitrogens with zero attached hydrogens (tertiary/aromatic N) is 1. The van der Waals surface area contributed by atoms with Crippen molar-refractivity contribution in [3.05, 3.63) is 152 Å². The smallest absolute Gasteiger partial charge is 0.152 e. The van der Waals surface area contributed by atoms with Crippen molar-refractivity contribution in [2.24, 2.45) is 0 Å². The second-order valence-electron chi connectivity index (χ2n) is 9.41. The molecule has 39 heavy (non-hydrogen) atoms. The third-order valence-electron chi connectivity index (χ3n) is 6.90. The summed E-state index contributed by atoms with van der Waals surface area (Å²) in [5.41, 5.74) is 5.36. The fraction of sp³-hybridized carbons (Fsp3) is 0. The van der Waals surface area contributed by atoms with E-state index >= 15 is 0 Å². The number of hydrogen-bond donors (Lipinski definition) is 0. The average Bonchev–Trinajstić information content (AvgIpc) is 3.33. The first-order valence-electron chi connectivity index (χ1n) is 13.0. The number of para-hydroxylation sites is 4. The van der Waals surface area contributed by atoms with Crippen LogP contribution in [0, 0.1) is 0 Å². The first-order chi connectivity index (χ1) is 19.3. The highest BCUT2D eigenvalue weighted by atomic mass is 16.5. The van der Waals surface area contributed by atoms with Gasteiger partial charge in [-0.15, -0.1) is 0 Å². The molecule has 0 aliphatic carbocycles. The largest absolute Gasteiger partial charge is 0.457 e. The standard InChI is InChI=1S/C36H25NO2/c1-3-13-28(14-4-1)38-30-17-11-12-26(24-30)27-22-23-35(36(25-27)39-29-15-5-2-6-16-29)37-33-20-9-7-18-31(33)32-19-8-10-21-34(32)37/h1-25H. The van der Waals surface area contributed by atoms with Gasteiger partial charge in [0, 0.05) is 10.8 Å². The van der Waals surface area contributed by atoms with Gasteiger partial charge in [-0.05, 0) is 71.8 Å². The van der Waals surface area contributed by atoms with Crippen LogP contribution in [0.25, 0.3) is 38.6 Å². The van der Waals surface area contributed by atoms with Gasteiger partial charge in [0.05, 0.1) is 16.7 Å². The summed E-state index contributed by atoms with van der Waals surface area (Å²) in [7, 11) is 0. The zero-order valence-electron chi connectivity index (χ0n) is 21.2. The third-order valence-corrected chi connectivity index (χ3v) is 6.90. The van der Waals surface area contributed by atoms with Gasteiger partial charge < -0.3 is 14.0 Å². The molecule has 3 heteroatoms.